The number of rotatable bonds is 4. The molecule has 17 heavy (non-hydrogen) atoms. The molecule has 2 rings (SSSR count). The van der Waals surface area contributed by atoms with Gasteiger partial charge in [-0.05, 0) is 6.07 Å². The number of nitrogens with zero attached hydrogens (tertiary/aromatic N) is 1. The Morgan fingerprint density at radius 1 is 1.18 bits per heavy atom. The molecule has 0 aromatic heterocycles. The highest BCUT2D eigenvalue weighted by atomic mass is 16.5. The lowest BCUT2D eigenvalue weighted by atomic mass is 10.2. The van der Waals surface area contributed by atoms with E-state index in [0.29, 0.717) is 5.75 Å². The minimum atomic E-state index is 0.117. The molecule has 1 aromatic rings. The van der Waals surface area contributed by atoms with Crippen LogP contribution in [-0.2, 0) is 16.0 Å². The van der Waals surface area contributed by atoms with Gasteiger partial charge in [-0.1, -0.05) is 18.2 Å². The van der Waals surface area contributed by atoms with Crippen molar-refractivity contribution in [2.24, 2.45) is 0 Å². The molecule has 0 bridgehead atoms. The van der Waals surface area contributed by atoms with Crippen molar-refractivity contribution >= 4 is 0 Å². The summed E-state index contributed by atoms with van der Waals surface area (Å²) in [6, 6.07) is 7.43. The van der Waals surface area contributed by atoms with Crippen molar-refractivity contribution in [1.82, 2.24) is 4.90 Å². The molecule has 1 aliphatic heterocycles. The predicted molar refractivity (Wildman–Crippen MR) is 65.0 cm³/mol. The van der Waals surface area contributed by atoms with Crippen LogP contribution in [0.15, 0.2) is 24.3 Å². The number of hydrogen-bond acceptors (Lipinski definition) is 4. The zero-order chi connectivity index (χ0) is 12.3. The highest BCUT2D eigenvalue weighted by Crippen LogP contribution is 2.22. The maximum Gasteiger partial charge on any atom is 0.120 e. The molecule has 1 aliphatic rings. The average molecular weight is 237 g/mol. The van der Waals surface area contributed by atoms with Gasteiger partial charge in [0.2, 0.25) is 0 Å². The molecule has 0 amide bonds. The molecule has 1 fully saturated rings. The van der Waals surface area contributed by atoms with Gasteiger partial charge in [0.15, 0.2) is 0 Å². The lowest BCUT2D eigenvalue weighted by Gasteiger charge is -2.15. The quantitative estimate of drug-likeness (QED) is 0.855. The van der Waals surface area contributed by atoms with Gasteiger partial charge in [-0.15, -0.1) is 0 Å². The van der Waals surface area contributed by atoms with E-state index in [1.807, 2.05) is 18.2 Å². The smallest absolute Gasteiger partial charge is 0.120 e. The average Bonchev–Trinajstić information content (AvgIpc) is 2.74. The van der Waals surface area contributed by atoms with Crippen LogP contribution in [0, 0.1) is 0 Å². The van der Waals surface area contributed by atoms with Crippen LogP contribution in [-0.4, -0.2) is 49.5 Å². The van der Waals surface area contributed by atoms with Gasteiger partial charge in [-0.2, -0.15) is 0 Å². The Hall–Kier alpha value is -1.10. The fourth-order valence-corrected chi connectivity index (χ4v) is 2.29. The fraction of sp³-hybridized carbons (Fsp3) is 0.538. The van der Waals surface area contributed by atoms with Crippen molar-refractivity contribution in [1.29, 1.82) is 0 Å². The summed E-state index contributed by atoms with van der Waals surface area (Å²) in [7, 11) is 3.42. The van der Waals surface area contributed by atoms with Gasteiger partial charge in [0.05, 0.1) is 12.2 Å². The fourth-order valence-electron chi connectivity index (χ4n) is 2.29. The Balaban J connectivity index is 1.99. The van der Waals surface area contributed by atoms with Crippen LogP contribution in [0.2, 0.25) is 0 Å². The summed E-state index contributed by atoms with van der Waals surface area (Å²) in [6.07, 6.45) is 0.233. The lowest BCUT2D eigenvalue weighted by Crippen LogP contribution is -2.27. The summed E-state index contributed by atoms with van der Waals surface area (Å²) < 4.78 is 10.8. The second kappa shape index (κ2) is 5.49. The Labute approximate surface area is 102 Å². The third kappa shape index (κ3) is 2.77. The van der Waals surface area contributed by atoms with Crippen molar-refractivity contribution in [2.75, 3.05) is 27.3 Å². The molecule has 1 aromatic carbocycles. The molecule has 0 radical (unpaired) electrons. The summed E-state index contributed by atoms with van der Waals surface area (Å²) in [4.78, 5) is 2.23. The van der Waals surface area contributed by atoms with Gasteiger partial charge in [0, 0.05) is 39.4 Å². The first kappa shape index (κ1) is 12.4. The number of phenols is 1. The SMILES string of the molecule is COC1CN(Cc2ccccc2O)CC1OC. The van der Waals surface area contributed by atoms with E-state index in [0.717, 1.165) is 25.2 Å². The van der Waals surface area contributed by atoms with Crippen molar-refractivity contribution in [3.63, 3.8) is 0 Å². The van der Waals surface area contributed by atoms with Crippen LogP contribution >= 0.6 is 0 Å². The van der Waals surface area contributed by atoms with Crippen LogP contribution in [0.5, 0.6) is 5.75 Å². The van der Waals surface area contributed by atoms with E-state index >= 15 is 0 Å². The van der Waals surface area contributed by atoms with Gasteiger partial charge in [-0.25, -0.2) is 0 Å². The molecule has 1 saturated heterocycles. The molecular formula is C13H19NO3. The van der Waals surface area contributed by atoms with Crippen molar-refractivity contribution < 1.29 is 14.6 Å². The highest BCUT2D eigenvalue weighted by molar-refractivity contribution is 5.31. The van der Waals surface area contributed by atoms with Crippen LogP contribution in [0.1, 0.15) is 5.56 Å². The summed E-state index contributed by atoms with van der Waals surface area (Å²) in [6.45, 7) is 2.40. The number of phenolic OH excluding ortho intramolecular Hbond substituents is 1. The van der Waals surface area contributed by atoms with Crippen LogP contribution in [0.4, 0.5) is 0 Å². The van der Waals surface area contributed by atoms with Gasteiger partial charge in [0.1, 0.15) is 5.75 Å². The van der Waals surface area contributed by atoms with Crippen molar-refractivity contribution in [3.05, 3.63) is 29.8 Å². The topological polar surface area (TPSA) is 41.9 Å². The van der Waals surface area contributed by atoms with Crippen LogP contribution in [0.3, 0.4) is 0 Å². The highest BCUT2D eigenvalue weighted by Gasteiger charge is 2.32. The van der Waals surface area contributed by atoms with E-state index in [-0.39, 0.29) is 12.2 Å². The Kier molecular flexibility index (Phi) is 3.99. The standard InChI is InChI=1S/C13H19NO3/c1-16-12-8-14(9-13(12)17-2)7-10-5-3-4-6-11(10)15/h3-6,12-13,15H,7-9H2,1-2H3. The lowest BCUT2D eigenvalue weighted by molar-refractivity contribution is -0.00461. The minimum Gasteiger partial charge on any atom is -0.508 e. The number of hydrogen-bond donors (Lipinski definition) is 1. The summed E-state index contributed by atoms with van der Waals surface area (Å²) in [5.74, 6) is 0.349. The molecule has 0 saturated carbocycles. The van der Waals surface area contributed by atoms with E-state index in [1.54, 1.807) is 20.3 Å². The zero-order valence-corrected chi connectivity index (χ0v) is 10.3. The number of methoxy groups -OCH3 is 2. The van der Waals surface area contributed by atoms with Crippen LogP contribution < -0.4 is 0 Å². The number of likely N-dealkylation sites (tertiary alicyclic amines) is 1. The Morgan fingerprint density at radius 3 is 2.29 bits per heavy atom. The molecule has 0 spiro atoms. The molecule has 0 aliphatic carbocycles. The maximum atomic E-state index is 9.73. The molecular weight excluding hydrogens is 218 g/mol. The summed E-state index contributed by atoms with van der Waals surface area (Å²) in [5, 5.41) is 9.73. The molecule has 4 heteroatoms. The normalized spacial score (nSPS) is 25.3. The van der Waals surface area contributed by atoms with Crippen LogP contribution in [0.25, 0.3) is 0 Å². The maximum absolute atomic E-state index is 9.73. The van der Waals surface area contributed by atoms with Gasteiger partial charge >= 0.3 is 0 Å². The second-order valence-corrected chi connectivity index (χ2v) is 4.37. The Morgan fingerprint density at radius 2 is 1.76 bits per heavy atom. The molecule has 4 nitrogen and oxygen atoms in total. The summed E-state index contributed by atoms with van der Waals surface area (Å²) >= 11 is 0. The van der Waals surface area contributed by atoms with Gasteiger partial charge < -0.3 is 14.6 Å². The van der Waals surface area contributed by atoms with E-state index in [4.69, 9.17) is 9.47 Å². The minimum absolute atomic E-state index is 0.117. The number of aromatic hydroxyl groups is 1. The zero-order valence-electron chi connectivity index (χ0n) is 10.3. The first-order valence-corrected chi connectivity index (χ1v) is 5.79. The predicted octanol–water partition coefficient (Wildman–Crippen LogP) is 1.24. The largest absolute Gasteiger partial charge is 0.508 e. The van der Waals surface area contributed by atoms with E-state index < -0.39 is 0 Å². The summed E-state index contributed by atoms with van der Waals surface area (Å²) in [5.41, 5.74) is 0.944. The van der Waals surface area contributed by atoms with Crippen molar-refractivity contribution in [3.8, 4) is 5.75 Å². The number of para-hydroxylation sites is 1. The molecule has 2 atom stereocenters. The first-order valence-electron chi connectivity index (χ1n) is 5.79. The third-order valence-corrected chi connectivity index (χ3v) is 3.28. The van der Waals surface area contributed by atoms with E-state index in [9.17, 15) is 5.11 Å². The molecule has 94 valence electrons. The van der Waals surface area contributed by atoms with Crippen molar-refractivity contribution in [2.45, 2.75) is 18.8 Å². The number of benzene rings is 1. The second-order valence-electron chi connectivity index (χ2n) is 4.37. The monoisotopic (exact) mass is 237 g/mol. The van der Waals surface area contributed by atoms with E-state index in [2.05, 4.69) is 4.90 Å². The first-order chi connectivity index (χ1) is 8.24. The van der Waals surface area contributed by atoms with Gasteiger partial charge in [0.25, 0.3) is 0 Å². The third-order valence-electron chi connectivity index (χ3n) is 3.28. The number of ether oxygens (including phenoxy) is 2. The molecule has 1 heterocycles. The Bertz CT molecular complexity index is 357. The molecule has 2 unspecified atom stereocenters. The van der Waals surface area contributed by atoms with E-state index in [1.165, 1.54) is 0 Å². The molecule has 1 N–H and O–H groups in total. The van der Waals surface area contributed by atoms with Gasteiger partial charge in [-0.3, -0.25) is 4.90 Å².